The van der Waals surface area contributed by atoms with Crippen LogP contribution in [0.5, 0.6) is 0 Å². The molecule has 0 aromatic carbocycles. The summed E-state index contributed by atoms with van der Waals surface area (Å²) in [7, 11) is 0. The summed E-state index contributed by atoms with van der Waals surface area (Å²) in [5, 5.41) is 0. The zero-order chi connectivity index (χ0) is 11.1. The standard InChI is InChI=1S/C12H19N3/c1-10(2)9-12(15-13)4-3-11-5-7-14-8-6-11/h5-9,12,15H,3-4,13H2,1-2H3. The van der Waals surface area contributed by atoms with Crippen molar-refractivity contribution in [2.24, 2.45) is 5.84 Å². The van der Waals surface area contributed by atoms with Crippen molar-refractivity contribution in [3.63, 3.8) is 0 Å². The molecule has 3 heteroatoms. The van der Waals surface area contributed by atoms with Gasteiger partial charge in [0.25, 0.3) is 0 Å². The fraction of sp³-hybridized carbons (Fsp3) is 0.417. The van der Waals surface area contributed by atoms with Crippen LogP contribution in [0.2, 0.25) is 0 Å². The average molecular weight is 205 g/mol. The number of rotatable bonds is 5. The maximum Gasteiger partial charge on any atom is 0.0396 e. The van der Waals surface area contributed by atoms with Gasteiger partial charge in [-0.15, -0.1) is 0 Å². The fourth-order valence-electron chi connectivity index (χ4n) is 1.49. The molecule has 1 heterocycles. The van der Waals surface area contributed by atoms with E-state index in [2.05, 4.69) is 30.3 Å². The smallest absolute Gasteiger partial charge is 0.0396 e. The molecule has 1 rings (SSSR count). The van der Waals surface area contributed by atoms with Gasteiger partial charge < -0.3 is 0 Å². The van der Waals surface area contributed by atoms with E-state index in [4.69, 9.17) is 5.84 Å². The molecule has 0 aliphatic carbocycles. The molecule has 0 fully saturated rings. The number of pyridine rings is 1. The Balaban J connectivity index is 2.45. The summed E-state index contributed by atoms with van der Waals surface area (Å²) < 4.78 is 0. The molecule has 1 aromatic rings. The average Bonchev–Trinajstić information content (AvgIpc) is 2.25. The van der Waals surface area contributed by atoms with Gasteiger partial charge in [0.1, 0.15) is 0 Å². The first-order valence-electron chi connectivity index (χ1n) is 5.22. The Labute approximate surface area is 91.4 Å². The van der Waals surface area contributed by atoms with Crippen LogP contribution in [-0.4, -0.2) is 11.0 Å². The summed E-state index contributed by atoms with van der Waals surface area (Å²) in [5.41, 5.74) is 5.40. The third-order valence-corrected chi connectivity index (χ3v) is 2.24. The van der Waals surface area contributed by atoms with E-state index in [0.29, 0.717) is 0 Å². The molecule has 0 bridgehead atoms. The number of hydrogen-bond donors (Lipinski definition) is 2. The number of aromatic nitrogens is 1. The zero-order valence-electron chi connectivity index (χ0n) is 9.40. The second-order valence-corrected chi connectivity index (χ2v) is 3.91. The third-order valence-electron chi connectivity index (χ3n) is 2.24. The minimum Gasteiger partial charge on any atom is -0.271 e. The number of allylic oxidation sites excluding steroid dienone is 1. The van der Waals surface area contributed by atoms with E-state index in [9.17, 15) is 0 Å². The number of nitrogens with zero attached hydrogens (tertiary/aromatic N) is 1. The molecule has 0 saturated carbocycles. The third kappa shape index (κ3) is 4.72. The first-order valence-corrected chi connectivity index (χ1v) is 5.22. The van der Waals surface area contributed by atoms with Crippen molar-refractivity contribution >= 4 is 0 Å². The Kier molecular flexibility index (Phi) is 5.01. The fourth-order valence-corrected chi connectivity index (χ4v) is 1.49. The number of nitrogens with one attached hydrogen (secondary N) is 1. The van der Waals surface area contributed by atoms with Crippen LogP contribution in [0.25, 0.3) is 0 Å². The lowest BCUT2D eigenvalue weighted by molar-refractivity contribution is 0.574. The Morgan fingerprint density at radius 3 is 2.67 bits per heavy atom. The first-order chi connectivity index (χ1) is 7.22. The van der Waals surface area contributed by atoms with E-state index in [1.54, 1.807) is 0 Å². The van der Waals surface area contributed by atoms with Gasteiger partial charge in [0.15, 0.2) is 0 Å². The van der Waals surface area contributed by atoms with E-state index in [-0.39, 0.29) is 6.04 Å². The number of hydrazine groups is 1. The molecule has 0 spiro atoms. The highest BCUT2D eigenvalue weighted by Crippen LogP contribution is 2.05. The van der Waals surface area contributed by atoms with Crippen LogP contribution in [0.3, 0.4) is 0 Å². The van der Waals surface area contributed by atoms with E-state index in [1.165, 1.54) is 11.1 Å². The lowest BCUT2D eigenvalue weighted by Gasteiger charge is -2.11. The SMILES string of the molecule is CC(C)=CC(CCc1ccncc1)NN. The van der Waals surface area contributed by atoms with Gasteiger partial charge in [-0.3, -0.25) is 16.3 Å². The molecular formula is C12H19N3. The predicted octanol–water partition coefficient (Wildman–Crippen LogP) is 1.81. The highest BCUT2D eigenvalue weighted by molar-refractivity contribution is 5.11. The monoisotopic (exact) mass is 205 g/mol. The molecular weight excluding hydrogens is 186 g/mol. The maximum absolute atomic E-state index is 5.48. The van der Waals surface area contributed by atoms with Gasteiger partial charge >= 0.3 is 0 Å². The van der Waals surface area contributed by atoms with Crippen LogP contribution in [0.15, 0.2) is 36.2 Å². The van der Waals surface area contributed by atoms with Crippen LogP contribution in [-0.2, 0) is 6.42 Å². The quantitative estimate of drug-likeness (QED) is 0.438. The lowest BCUT2D eigenvalue weighted by Crippen LogP contribution is -2.34. The van der Waals surface area contributed by atoms with Crippen molar-refractivity contribution in [3.8, 4) is 0 Å². The summed E-state index contributed by atoms with van der Waals surface area (Å²) in [6.45, 7) is 4.16. The minimum atomic E-state index is 0.253. The van der Waals surface area contributed by atoms with Gasteiger partial charge in [-0.1, -0.05) is 11.6 Å². The second kappa shape index (κ2) is 6.32. The van der Waals surface area contributed by atoms with E-state index in [0.717, 1.165) is 12.8 Å². The van der Waals surface area contributed by atoms with Gasteiger partial charge in [-0.2, -0.15) is 0 Å². The molecule has 0 aliphatic heterocycles. The zero-order valence-corrected chi connectivity index (χ0v) is 9.40. The second-order valence-electron chi connectivity index (χ2n) is 3.91. The highest BCUT2D eigenvalue weighted by Gasteiger charge is 2.02. The van der Waals surface area contributed by atoms with Crippen LogP contribution in [0.4, 0.5) is 0 Å². The van der Waals surface area contributed by atoms with Crippen LogP contribution >= 0.6 is 0 Å². The first kappa shape index (κ1) is 11.9. The Hall–Kier alpha value is -1.19. The van der Waals surface area contributed by atoms with Crippen molar-refractivity contribution in [3.05, 3.63) is 41.7 Å². The molecule has 0 saturated heterocycles. The van der Waals surface area contributed by atoms with Crippen LogP contribution in [0.1, 0.15) is 25.8 Å². The number of aryl methyl sites for hydroxylation is 1. The molecule has 1 atom stereocenters. The molecule has 82 valence electrons. The molecule has 0 aliphatic rings. The van der Waals surface area contributed by atoms with Gasteiger partial charge in [0.2, 0.25) is 0 Å². The Morgan fingerprint density at radius 1 is 1.47 bits per heavy atom. The molecule has 15 heavy (non-hydrogen) atoms. The van der Waals surface area contributed by atoms with Gasteiger partial charge in [0, 0.05) is 18.4 Å². The molecule has 3 N–H and O–H groups in total. The van der Waals surface area contributed by atoms with Crippen molar-refractivity contribution in [2.45, 2.75) is 32.7 Å². The van der Waals surface area contributed by atoms with E-state index < -0.39 is 0 Å². The molecule has 3 nitrogen and oxygen atoms in total. The van der Waals surface area contributed by atoms with Gasteiger partial charge in [-0.05, 0) is 44.4 Å². The van der Waals surface area contributed by atoms with Crippen molar-refractivity contribution in [1.82, 2.24) is 10.4 Å². The maximum atomic E-state index is 5.48. The highest BCUT2D eigenvalue weighted by atomic mass is 15.2. The van der Waals surface area contributed by atoms with Crippen molar-refractivity contribution in [1.29, 1.82) is 0 Å². The topological polar surface area (TPSA) is 50.9 Å². The Morgan fingerprint density at radius 2 is 2.13 bits per heavy atom. The normalized spacial score (nSPS) is 12.2. The van der Waals surface area contributed by atoms with Gasteiger partial charge in [-0.25, -0.2) is 0 Å². The minimum absolute atomic E-state index is 0.253. The van der Waals surface area contributed by atoms with E-state index >= 15 is 0 Å². The largest absolute Gasteiger partial charge is 0.271 e. The van der Waals surface area contributed by atoms with Gasteiger partial charge in [0.05, 0.1) is 0 Å². The summed E-state index contributed by atoms with van der Waals surface area (Å²) in [6.07, 6.45) is 7.82. The summed E-state index contributed by atoms with van der Waals surface area (Å²) in [4.78, 5) is 3.99. The predicted molar refractivity (Wildman–Crippen MR) is 63.1 cm³/mol. The Bertz CT molecular complexity index is 302. The van der Waals surface area contributed by atoms with Crippen LogP contribution < -0.4 is 11.3 Å². The summed E-state index contributed by atoms with van der Waals surface area (Å²) in [5.74, 6) is 5.48. The summed E-state index contributed by atoms with van der Waals surface area (Å²) in [6, 6.07) is 4.33. The van der Waals surface area contributed by atoms with Crippen molar-refractivity contribution in [2.75, 3.05) is 0 Å². The molecule has 0 radical (unpaired) electrons. The number of hydrogen-bond acceptors (Lipinski definition) is 3. The van der Waals surface area contributed by atoms with Crippen LogP contribution in [0, 0.1) is 0 Å². The summed E-state index contributed by atoms with van der Waals surface area (Å²) >= 11 is 0. The molecule has 1 aromatic heterocycles. The molecule has 1 unspecified atom stereocenters. The lowest BCUT2D eigenvalue weighted by atomic mass is 10.1. The van der Waals surface area contributed by atoms with Crippen molar-refractivity contribution < 1.29 is 0 Å². The van der Waals surface area contributed by atoms with E-state index in [1.807, 2.05) is 24.5 Å². The molecule has 0 amide bonds. The number of nitrogens with two attached hydrogens (primary N) is 1.